The van der Waals surface area contributed by atoms with E-state index in [4.69, 9.17) is 5.73 Å². The van der Waals surface area contributed by atoms with Gasteiger partial charge >= 0.3 is 6.18 Å². The number of aryl methyl sites for hydroxylation is 2. The summed E-state index contributed by atoms with van der Waals surface area (Å²) in [5, 5.41) is 0. The van der Waals surface area contributed by atoms with Crippen LogP contribution in [0.15, 0.2) is 12.1 Å². The molecule has 0 aliphatic heterocycles. The predicted molar refractivity (Wildman–Crippen MR) is 60.5 cm³/mol. The monoisotopic (exact) mass is 246 g/mol. The lowest BCUT2D eigenvalue weighted by molar-refractivity contribution is -0.135. The molecule has 0 bridgehead atoms. The van der Waals surface area contributed by atoms with E-state index < -0.39 is 12.6 Å². The Kier molecular flexibility index (Phi) is 4.51. The molecule has 1 atom stereocenters. The molecule has 1 aromatic rings. The maximum Gasteiger partial charge on any atom is 0.389 e. The van der Waals surface area contributed by atoms with Gasteiger partial charge in [0.2, 0.25) is 0 Å². The van der Waals surface area contributed by atoms with Crippen LogP contribution in [0, 0.1) is 13.8 Å². The van der Waals surface area contributed by atoms with Crippen molar-refractivity contribution >= 4 is 0 Å². The summed E-state index contributed by atoms with van der Waals surface area (Å²) in [5.74, 6) is 0. The van der Waals surface area contributed by atoms with E-state index >= 15 is 0 Å². The summed E-state index contributed by atoms with van der Waals surface area (Å²) in [7, 11) is 0. The van der Waals surface area contributed by atoms with Crippen LogP contribution in [0.25, 0.3) is 0 Å². The molecular weight excluding hydrogens is 229 g/mol. The number of hydrogen-bond acceptors (Lipinski definition) is 2. The van der Waals surface area contributed by atoms with Crippen LogP contribution in [0.1, 0.15) is 42.3 Å². The average Bonchev–Trinajstić information content (AvgIpc) is 2.15. The molecule has 1 rings (SSSR count). The van der Waals surface area contributed by atoms with Crippen LogP contribution in [0.5, 0.6) is 0 Å². The molecule has 0 saturated carbocycles. The molecule has 5 heteroatoms. The number of aromatic nitrogens is 1. The van der Waals surface area contributed by atoms with E-state index in [0.717, 1.165) is 17.0 Å². The number of alkyl halides is 3. The van der Waals surface area contributed by atoms with Crippen LogP contribution in [-0.4, -0.2) is 11.2 Å². The highest BCUT2D eigenvalue weighted by atomic mass is 19.4. The Bertz CT molecular complexity index is 375. The number of nitrogens with two attached hydrogens (primary N) is 1. The third kappa shape index (κ3) is 4.73. The lowest BCUT2D eigenvalue weighted by Gasteiger charge is -2.15. The smallest absolute Gasteiger partial charge is 0.324 e. The SMILES string of the molecule is Cc1ccc(C(N)CCCC(F)(F)F)c(C)n1. The van der Waals surface area contributed by atoms with Gasteiger partial charge in [0.15, 0.2) is 0 Å². The van der Waals surface area contributed by atoms with Gasteiger partial charge in [0.05, 0.1) is 0 Å². The Hall–Kier alpha value is -1.10. The number of pyridine rings is 1. The normalized spacial score (nSPS) is 13.8. The first-order valence-electron chi connectivity index (χ1n) is 5.56. The van der Waals surface area contributed by atoms with Gasteiger partial charge in [0.1, 0.15) is 0 Å². The van der Waals surface area contributed by atoms with Gasteiger partial charge in [-0.2, -0.15) is 13.2 Å². The molecule has 2 N–H and O–H groups in total. The minimum absolute atomic E-state index is 0.0536. The molecule has 1 aromatic heterocycles. The van der Waals surface area contributed by atoms with Crippen LogP contribution in [0.4, 0.5) is 13.2 Å². The number of rotatable bonds is 4. The van der Waals surface area contributed by atoms with E-state index in [1.54, 1.807) is 0 Å². The Morgan fingerprint density at radius 1 is 1.29 bits per heavy atom. The second-order valence-electron chi connectivity index (χ2n) is 4.24. The van der Waals surface area contributed by atoms with Gasteiger partial charge in [0, 0.05) is 23.9 Å². The molecular formula is C12H17F3N2. The van der Waals surface area contributed by atoms with E-state index in [1.165, 1.54) is 0 Å². The van der Waals surface area contributed by atoms with E-state index in [9.17, 15) is 13.2 Å². The average molecular weight is 246 g/mol. The van der Waals surface area contributed by atoms with Gasteiger partial charge < -0.3 is 5.73 Å². The molecule has 0 amide bonds. The van der Waals surface area contributed by atoms with E-state index in [-0.39, 0.29) is 12.5 Å². The van der Waals surface area contributed by atoms with Crippen molar-refractivity contribution in [2.24, 2.45) is 5.73 Å². The van der Waals surface area contributed by atoms with Gasteiger partial charge in [-0.1, -0.05) is 6.07 Å². The van der Waals surface area contributed by atoms with Gasteiger partial charge in [-0.25, -0.2) is 0 Å². The van der Waals surface area contributed by atoms with E-state index in [0.29, 0.717) is 6.42 Å². The number of hydrogen-bond donors (Lipinski definition) is 1. The lowest BCUT2D eigenvalue weighted by Crippen LogP contribution is -2.14. The molecule has 0 fully saturated rings. The lowest BCUT2D eigenvalue weighted by atomic mass is 10.0. The zero-order valence-corrected chi connectivity index (χ0v) is 10.0. The van der Waals surface area contributed by atoms with Crippen molar-refractivity contribution < 1.29 is 13.2 Å². The van der Waals surface area contributed by atoms with E-state index in [1.807, 2.05) is 26.0 Å². The summed E-state index contributed by atoms with van der Waals surface area (Å²) in [6, 6.07) is 3.30. The fourth-order valence-corrected chi connectivity index (χ4v) is 1.77. The highest BCUT2D eigenvalue weighted by Crippen LogP contribution is 2.26. The third-order valence-corrected chi connectivity index (χ3v) is 2.64. The molecule has 17 heavy (non-hydrogen) atoms. The van der Waals surface area contributed by atoms with Gasteiger partial charge in [-0.15, -0.1) is 0 Å². The quantitative estimate of drug-likeness (QED) is 0.884. The number of nitrogens with zero attached hydrogens (tertiary/aromatic N) is 1. The topological polar surface area (TPSA) is 38.9 Å². The van der Waals surface area contributed by atoms with Crippen molar-refractivity contribution in [2.75, 3.05) is 0 Å². The van der Waals surface area contributed by atoms with Crippen molar-refractivity contribution in [3.8, 4) is 0 Å². The van der Waals surface area contributed by atoms with Crippen LogP contribution in [0.3, 0.4) is 0 Å². The van der Waals surface area contributed by atoms with Crippen LogP contribution >= 0.6 is 0 Å². The summed E-state index contributed by atoms with van der Waals surface area (Å²) >= 11 is 0. The predicted octanol–water partition coefficient (Wildman–Crippen LogP) is 3.43. The highest BCUT2D eigenvalue weighted by Gasteiger charge is 2.26. The van der Waals surface area contributed by atoms with Gasteiger partial charge in [0.25, 0.3) is 0 Å². The molecule has 2 nitrogen and oxygen atoms in total. The third-order valence-electron chi connectivity index (χ3n) is 2.64. The van der Waals surface area contributed by atoms with Gasteiger partial charge in [-0.05, 0) is 38.3 Å². The molecule has 96 valence electrons. The molecule has 0 aliphatic carbocycles. The maximum atomic E-state index is 12.0. The summed E-state index contributed by atoms with van der Waals surface area (Å²) < 4.78 is 36.0. The first kappa shape index (κ1) is 14.0. The zero-order valence-electron chi connectivity index (χ0n) is 10.0. The second kappa shape index (κ2) is 5.49. The first-order valence-corrected chi connectivity index (χ1v) is 5.56. The Morgan fingerprint density at radius 3 is 2.47 bits per heavy atom. The van der Waals surface area contributed by atoms with E-state index in [2.05, 4.69) is 4.98 Å². The van der Waals surface area contributed by atoms with Crippen LogP contribution < -0.4 is 5.73 Å². The molecule has 1 unspecified atom stereocenters. The van der Waals surface area contributed by atoms with Crippen molar-refractivity contribution in [2.45, 2.75) is 45.3 Å². The summed E-state index contributed by atoms with van der Waals surface area (Å²) in [4.78, 5) is 4.25. The second-order valence-corrected chi connectivity index (χ2v) is 4.24. The standard InChI is InChI=1S/C12H17F3N2/c1-8-5-6-10(9(2)17-8)11(16)4-3-7-12(13,14)15/h5-6,11H,3-4,7,16H2,1-2H3. The van der Waals surface area contributed by atoms with Crippen molar-refractivity contribution in [1.29, 1.82) is 0 Å². The molecule has 1 heterocycles. The Balaban J connectivity index is 2.55. The van der Waals surface area contributed by atoms with Gasteiger partial charge in [-0.3, -0.25) is 4.98 Å². The van der Waals surface area contributed by atoms with Crippen LogP contribution in [-0.2, 0) is 0 Å². The largest absolute Gasteiger partial charge is 0.389 e. The van der Waals surface area contributed by atoms with Crippen molar-refractivity contribution in [3.05, 3.63) is 29.1 Å². The molecule has 0 spiro atoms. The summed E-state index contributed by atoms with van der Waals surface area (Å²) in [5.41, 5.74) is 8.38. The summed E-state index contributed by atoms with van der Waals surface area (Å²) in [6.07, 6.45) is -4.50. The fraction of sp³-hybridized carbons (Fsp3) is 0.583. The Morgan fingerprint density at radius 2 is 1.94 bits per heavy atom. The highest BCUT2D eigenvalue weighted by molar-refractivity contribution is 5.24. The summed E-state index contributed by atoms with van der Waals surface area (Å²) in [6.45, 7) is 3.69. The maximum absolute atomic E-state index is 12.0. The zero-order chi connectivity index (χ0) is 13.1. The molecule has 0 saturated heterocycles. The van der Waals surface area contributed by atoms with Crippen molar-refractivity contribution in [3.63, 3.8) is 0 Å². The Labute approximate surface area is 99.0 Å². The first-order chi connectivity index (χ1) is 7.79. The minimum atomic E-state index is -4.10. The van der Waals surface area contributed by atoms with Crippen molar-refractivity contribution in [1.82, 2.24) is 4.98 Å². The minimum Gasteiger partial charge on any atom is -0.324 e. The molecule has 0 aliphatic rings. The fourth-order valence-electron chi connectivity index (χ4n) is 1.77. The molecule has 0 aromatic carbocycles. The molecule has 0 radical (unpaired) electrons. The van der Waals surface area contributed by atoms with Crippen LogP contribution in [0.2, 0.25) is 0 Å². The number of halogens is 3.